The standard InChI is InChI=1S/C21H15N3O3S2/c1-26-19-9-13(6-7-17(19)25)8-14(10-22)20-23-15(11-28-20)12-29-21-24-16-4-2-3-5-18(16)27-21/h2-9,11,25H,12H2,1H3/b14-8+. The van der Waals surface area contributed by atoms with E-state index >= 15 is 0 Å². The molecule has 1 N–H and O–H groups in total. The molecular weight excluding hydrogens is 406 g/mol. The Hall–Kier alpha value is -3.28. The molecule has 0 aliphatic rings. The normalized spacial score (nSPS) is 11.5. The number of benzene rings is 2. The Bertz CT molecular complexity index is 1200. The third kappa shape index (κ3) is 4.26. The van der Waals surface area contributed by atoms with Crippen LogP contribution in [0.15, 0.2) is 57.5 Å². The lowest BCUT2D eigenvalue weighted by molar-refractivity contribution is 0.373. The third-order valence-corrected chi connectivity index (χ3v) is 5.82. The smallest absolute Gasteiger partial charge is 0.257 e. The van der Waals surface area contributed by atoms with Crippen molar-refractivity contribution >= 4 is 45.8 Å². The Kier molecular flexibility index (Phi) is 5.51. The zero-order chi connectivity index (χ0) is 20.2. The molecular formula is C21H15N3O3S2. The van der Waals surface area contributed by atoms with Gasteiger partial charge in [-0.1, -0.05) is 30.0 Å². The van der Waals surface area contributed by atoms with Gasteiger partial charge in [-0.15, -0.1) is 11.3 Å². The summed E-state index contributed by atoms with van der Waals surface area (Å²) in [6, 6.07) is 14.7. The van der Waals surface area contributed by atoms with Gasteiger partial charge >= 0.3 is 0 Å². The van der Waals surface area contributed by atoms with E-state index < -0.39 is 0 Å². The molecule has 4 rings (SSSR count). The number of methoxy groups -OCH3 is 1. The number of allylic oxidation sites excluding steroid dienone is 1. The fraction of sp³-hybridized carbons (Fsp3) is 0.0952. The van der Waals surface area contributed by atoms with Gasteiger partial charge in [-0.2, -0.15) is 5.26 Å². The Labute approximate surface area is 175 Å². The summed E-state index contributed by atoms with van der Waals surface area (Å²) in [5, 5.41) is 22.4. The van der Waals surface area contributed by atoms with Crippen LogP contribution in [0.25, 0.3) is 22.7 Å². The van der Waals surface area contributed by atoms with Gasteiger partial charge in [0.25, 0.3) is 5.22 Å². The van der Waals surface area contributed by atoms with Crippen molar-refractivity contribution in [1.82, 2.24) is 9.97 Å². The minimum absolute atomic E-state index is 0.0518. The Morgan fingerprint density at radius 1 is 1.31 bits per heavy atom. The van der Waals surface area contributed by atoms with Crippen LogP contribution in [0.5, 0.6) is 11.5 Å². The van der Waals surface area contributed by atoms with Crippen molar-refractivity contribution in [3.05, 3.63) is 64.1 Å². The molecule has 0 aliphatic carbocycles. The van der Waals surface area contributed by atoms with E-state index in [1.165, 1.54) is 36.3 Å². The summed E-state index contributed by atoms with van der Waals surface area (Å²) in [5.41, 5.74) is 3.62. The van der Waals surface area contributed by atoms with Gasteiger partial charge < -0.3 is 14.3 Å². The van der Waals surface area contributed by atoms with E-state index in [9.17, 15) is 10.4 Å². The number of para-hydroxylation sites is 2. The van der Waals surface area contributed by atoms with Crippen molar-refractivity contribution < 1.29 is 14.3 Å². The average Bonchev–Trinajstić information content (AvgIpc) is 3.38. The number of aromatic hydroxyl groups is 1. The second-order valence-corrected chi connectivity index (χ2v) is 7.77. The summed E-state index contributed by atoms with van der Waals surface area (Å²) in [5.74, 6) is 0.997. The molecule has 8 heteroatoms. The average molecular weight is 422 g/mol. The van der Waals surface area contributed by atoms with Gasteiger partial charge in [0.05, 0.1) is 18.4 Å². The number of hydrogen-bond donors (Lipinski definition) is 1. The Morgan fingerprint density at radius 2 is 2.17 bits per heavy atom. The number of phenolic OH excluding ortho intramolecular Hbond substituents is 1. The molecule has 4 aromatic rings. The van der Waals surface area contributed by atoms with E-state index in [1.807, 2.05) is 29.6 Å². The van der Waals surface area contributed by atoms with Crippen LogP contribution in [0.2, 0.25) is 0 Å². The molecule has 2 heterocycles. The highest BCUT2D eigenvalue weighted by molar-refractivity contribution is 7.98. The summed E-state index contributed by atoms with van der Waals surface area (Å²) in [6.45, 7) is 0. The van der Waals surface area contributed by atoms with E-state index in [0.717, 1.165) is 22.4 Å². The number of thioether (sulfide) groups is 1. The molecule has 0 amide bonds. The highest BCUT2D eigenvalue weighted by atomic mass is 32.2. The van der Waals surface area contributed by atoms with Crippen molar-refractivity contribution in [2.45, 2.75) is 11.0 Å². The van der Waals surface area contributed by atoms with Crippen molar-refractivity contribution in [3.8, 4) is 17.6 Å². The molecule has 0 fully saturated rings. The minimum atomic E-state index is 0.0518. The van der Waals surface area contributed by atoms with Crippen LogP contribution in [0.3, 0.4) is 0 Å². The second kappa shape index (κ2) is 8.39. The van der Waals surface area contributed by atoms with E-state index in [2.05, 4.69) is 16.0 Å². The first kappa shape index (κ1) is 19.1. The fourth-order valence-corrected chi connectivity index (χ4v) is 4.26. The fourth-order valence-electron chi connectivity index (χ4n) is 2.64. The van der Waals surface area contributed by atoms with Gasteiger partial charge in [0.15, 0.2) is 17.1 Å². The number of rotatable bonds is 6. The lowest BCUT2D eigenvalue weighted by atomic mass is 10.1. The first-order chi connectivity index (χ1) is 14.2. The Morgan fingerprint density at radius 3 is 2.97 bits per heavy atom. The summed E-state index contributed by atoms with van der Waals surface area (Å²) < 4.78 is 10.8. The van der Waals surface area contributed by atoms with E-state index in [4.69, 9.17) is 9.15 Å². The van der Waals surface area contributed by atoms with Crippen LogP contribution in [0.4, 0.5) is 0 Å². The predicted molar refractivity (Wildman–Crippen MR) is 114 cm³/mol. The molecule has 0 bridgehead atoms. The zero-order valence-electron chi connectivity index (χ0n) is 15.3. The summed E-state index contributed by atoms with van der Waals surface area (Å²) in [6.07, 6.45) is 1.72. The quantitative estimate of drug-likeness (QED) is 0.331. The lowest BCUT2D eigenvalue weighted by Gasteiger charge is -2.04. The molecule has 0 saturated heterocycles. The third-order valence-electron chi connectivity index (χ3n) is 4.04. The van der Waals surface area contributed by atoms with Crippen LogP contribution in [0, 0.1) is 11.3 Å². The van der Waals surface area contributed by atoms with E-state index in [1.54, 1.807) is 18.2 Å². The lowest BCUT2D eigenvalue weighted by Crippen LogP contribution is -1.87. The maximum absolute atomic E-state index is 9.71. The van der Waals surface area contributed by atoms with Gasteiger partial charge in [-0.25, -0.2) is 9.97 Å². The van der Waals surface area contributed by atoms with Gasteiger partial charge in [0, 0.05) is 11.1 Å². The number of phenols is 1. The molecule has 0 radical (unpaired) electrons. The van der Waals surface area contributed by atoms with Crippen molar-refractivity contribution in [2.24, 2.45) is 0 Å². The molecule has 2 aromatic carbocycles. The number of hydrogen-bond acceptors (Lipinski definition) is 8. The first-order valence-corrected chi connectivity index (χ1v) is 10.4. The van der Waals surface area contributed by atoms with Gasteiger partial charge in [0.2, 0.25) is 0 Å². The molecule has 2 aromatic heterocycles. The van der Waals surface area contributed by atoms with E-state index in [-0.39, 0.29) is 5.75 Å². The van der Waals surface area contributed by atoms with Gasteiger partial charge in [0.1, 0.15) is 16.6 Å². The molecule has 29 heavy (non-hydrogen) atoms. The molecule has 0 atom stereocenters. The zero-order valence-corrected chi connectivity index (χ0v) is 17.0. The molecule has 0 unspecified atom stereocenters. The van der Waals surface area contributed by atoms with Crippen molar-refractivity contribution in [2.75, 3.05) is 7.11 Å². The molecule has 0 spiro atoms. The highest BCUT2D eigenvalue weighted by Gasteiger charge is 2.11. The van der Waals surface area contributed by atoms with E-state index in [0.29, 0.717) is 27.3 Å². The molecule has 144 valence electrons. The van der Waals surface area contributed by atoms with Crippen LogP contribution < -0.4 is 4.74 Å². The summed E-state index contributed by atoms with van der Waals surface area (Å²) in [7, 11) is 1.48. The largest absolute Gasteiger partial charge is 0.504 e. The summed E-state index contributed by atoms with van der Waals surface area (Å²) >= 11 is 2.87. The molecule has 0 aliphatic heterocycles. The topological polar surface area (TPSA) is 92.2 Å². The second-order valence-electron chi connectivity index (χ2n) is 5.98. The number of fused-ring (bicyclic) bond motifs is 1. The number of aromatic nitrogens is 2. The van der Waals surface area contributed by atoms with Crippen LogP contribution in [-0.2, 0) is 5.75 Å². The van der Waals surface area contributed by atoms with Crippen LogP contribution in [-0.4, -0.2) is 22.2 Å². The van der Waals surface area contributed by atoms with Crippen molar-refractivity contribution in [1.29, 1.82) is 5.26 Å². The van der Waals surface area contributed by atoms with Crippen molar-refractivity contribution in [3.63, 3.8) is 0 Å². The predicted octanol–water partition coefficient (Wildman–Crippen LogP) is 5.35. The number of ether oxygens (including phenoxy) is 1. The maximum atomic E-state index is 9.71. The summed E-state index contributed by atoms with van der Waals surface area (Å²) in [4.78, 5) is 9.00. The monoisotopic (exact) mass is 421 g/mol. The van der Waals surface area contributed by atoms with Gasteiger partial charge in [-0.3, -0.25) is 0 Å². The van der Waals surface area contributed by atoms with Crippen LogP contribution in [0.1, 0.15) is 16.3 Å². The Balaban J connectivity index is 1.50. The maximum Gasteiger partial charge on any atom is 0.257 e. The number of oxazole rings is 1. The number of thiazole rings is 1. The van der Waals surface area contributed by atoms with Gasteiger partial charge in [-0.05, 0) is 35.9 Å². The number of nitriles is 1. The highest BCUT2D eigenvalue weighted by Crippen LogP contribution is 2.30. The number of nitrogens with zero attached hydrogens (tertiary/aromatic N) is 3. The first-order valence-electron chi connectivity index (χ1n) is 8.58. The SMILES string of the molecule is COc1cc(/C=C(\C#N)c2nc(CSc3nc4ccccc4o3)cs2)ccc1O. The minimum Gasteiger partial charge on any atom is -0.504 e. The van der Waals surface area contributed by atoms with Crippen LogP contribution >= 0.6 is 23.1 Å². The molecule has 0 saturated carbocycles. The molecule has 6 nitrogen and oxygen atoms in total.